The number of benzene rings is 1. The van der Waals surface area contributed by atoms with Crippen LogP contribution in [0.4, 0.5) is 0 Å². The summed E-state index contributed by atoms with van der Waals surface area (Å²) in [5, 5.41) is 8.76. The topological polar surface area (TPSA) is 23.8 Å². The Kier molecular flexibility index (Phi) is 7.69. The number of nitrogens with zero attached hydrogens (tertiary/aromatic N) is 1. The van der Waals surface area contributed by atoms with Crippen LogP contribution in [0.3, 0.4) is 0 Å². The highest BCUT2D eigenvalue weighted by Crippen LogP contribution is 2.29. The Morgan fingerprint density at radius 3 is 2.43 bits per heavy atom. The minimum absolute atomic E-state index is 0.444. The molecule has 0 fully saturated rings. The molecule has 1 aromatic carbocycles. The SMILES string of the molecule is CC(CCCC/P=C/Cc1ccc(C#N)cc1)C(C)(C)C. The maximum Gasteiger partial charge on any atom is 0.0991 e. The summed E-state index contributed by atoms with van der Waals surface area (Å²) >= 11 is 0. The van der Waals surface area contributed by atoms with Crippen molar-refractivity contribution < 1.29 is 0 Å². The van der Waals surface area contributed by atoms with Crippen LogP contribution >= 0.6 is 8.20 Å². The Hall–Kier alpha value is -1.12. The molecule has 0 aliphatic heterocycles. The smallest absolute Gasteiger partial charge is 0.0991 e. The predicted molar refractivity (Wildman–Crippen MR) is 95.2 cm³/mol. The second kappa shape index (κ2) is 9.01. The fourth-order valence-corrected chi connectivity index (χ4v) is 2.99. The summed E-state index contributed by atoms with van der Waals surface area (Å²) in [4.78, 5) is 0. The van der Waals surface area contributed by atoms with Crippen molar-refractivity contribution in [3.63, 3.8) is 0 Å². The van der Waals surface area contributed by atoms with Gasteiger partial charge in [-0.1, -0.05) is 58.5 Å². The first-order chi connectivity index (χ1) is 9.93. The summed E-state index contributed by atoms with van der Waals surface area (Å²) in [6.07, 6.45) is 6.29. The third kappa shape index (κ3) is 7.45. The van der Waals surface area contributed by atoms with E-state index in [4.69, 9.17) is 5.26 Å². The van der Waals surface area contributed by atoms with E-state index >= 15 is 0 Å². The van der Waals surface area contributed by atoms with Crippen molar-refractivity contribution in [2.75, 3.05) is 6.16 Å². The van der Waals surface area contributed by atoms with Crippen molar-refractivity contribution in [2.24, 2.45) is 11.3 Å². The first kappa shape index (κ1) is 17.9. The van der Waals surface area contributed by atoms with Crippen LogP contribution in [0.15, 0.2) is 24.3 Å². The minimum atomic E-state index is 0.444. The summed E-state index contributed by atoms with van der Waals surface area (Å²) in [5.74, 6) is 3.14. The second-order valence-electron chi connectivity index (χ2n) is 6.86. The van der Waals surface area contributed by atoms with E-state index < -0.39 is 0 Å². The Morgan fingerprint density at radius 1 is 1.19 bits per heavy atom. The molecule has 0 amide bonds. The molecule has 0 saturated heterocycles. The Morgan fingerprint density at radius 2 is 1.86 bits per heavy atom. The molecular formula is C19H28NP. The average molecular weight is 301 g/mol. The Bertz CT molecular complexity index is 474. The van der Waals surface area contributed by atoms with Gasteiger partial charge in [-0.25, -0.2) is 0 Å². The first-order valence-electron chi connectivity index (χ1n) is 7.91. The predicted octanol–water partition coefficient (Wildman–Crippen LogP) is 5.70. The average Bonchev–Trinajstić information content (AvgIpc) is 2.45. The molecule has 0 heterocycles. The summed E-state index contributed by atoms with van der Waals surface area (Å²) < 4.78 is 0. The van der Waals surface area contributed by atoms with E-state index in [0.29, 0.717) is 5.41 Å². The van der Waals surface area contributed by atoms with E-state index in [0.717, 1.165) is 17.9 Å². The lowest BCUT2D eigenvalue weighted by Crippen LogP contribution is -2.16. The minimum Gasteiger partial charge on any atom is -0.192 e. The van der Waals surface area contributed by atoms with Gasteiger partial charge in [0.2, 0.25) is 0 Å². The van der Waals surface area contributed by atoms with Gasteiger partial charge in [0.05, 0.1) is 11.6 Å². The largest absolute Gasteiger partial charge is 0.192 e. The van der Waals surface area contributed by atoms with Crippen LogP contribution in [0, 0.1) is 22.7 Å². The van der Waals surface area contributed by atoms with Crippen LogP contribution in [-0.2, 0) is 6.42 Å². The van der Waals surface area contributed by atoms with Crippen LogP contribution in [0.25, 0.3) is 0 Å². The van der Waals surface area contributed by atoms with Crippen molar-refractivity contribution in [3.8, 4) is 6.07 Å². The number of hydrogen-bond donors (Lipinski definition) is 0. The Labute approximate surface area is 132 Å². The van der Waals surface area contributed by atoms with E-state index in [1.807, 2.05) is 12.1 Å². The van der Waals surface area contributed by atoms with Crippen molar-refractivity contribution in [1.29, 1.82) is 5.26 Å². The van der Waals surface area contributed by atoms with Crippen LogP contribution in [0.1, 0.15) is 58.1 Å². The molecule has 0 bridgehead atoms. The van der Waals surface area contributed by atoms with Gasteiger partial charge in [0.15, 0.2) is 0 Å². The molecule has 1 unspecified atom stereocenters. The highest BCUT2D eigenvalue weighted by Gasteiger charge is 2.18. The van der Waals surface area contributed by atoms with E-state index in [1.165, 1.54) is 39.2 Å². The molecule has 1 nitrogen and oxygen atoms in total. The zero-order chi connectivity index (χ0) is 15.7. The zero-order valence-electron chi connectivity index (χ0n) is 13.9. The van der Waals surface area contributed by atoms with Gasteiger partial charge in [0, 0.05) is 0 Å². The quantitative estimate of drug-likeness (QED) is 0.468. The lowest BCUT2D eigenvalue weighted by atomic mass is 9.79. The molecule has 0 aliphatic rings. The highest BCUT2D eigenvalue weighted by molar-refractivity contribution is 7.38. The number of hydrogen-bond acceptors (Lipinski definition) is 1. The fraction of sp³-hybridized carbons (Fsp3) is 0.579. The van der Waals surface area contributed by atoms with E-state index in [2.05, 4.69) is 51.7 Å². The molecule has 1 aromatic rings. The number of nitriles is 1. The van der Waals surface area contributed by atoms with Crippen LogP contribution in [0.2, 0.25) is 0 Å². The summed E-state index contributed by atoms with van der Waals surface area (Å²) in [6.45, 7) is 9.37. The van der Waals surface area contributed by atoms with Crippen molar-refractivity contribution >= 4 is 14.0 Å². The maximum atomic E-state index is 8.76. The van der Waals surface area contributed by atoms with E-state index in [1.54, 1.807) is 0 Å². The van der Waals surface area contributed by atoms with Gasteiger partial charge >= 0.3 is 0 Å². The van der Waals surface area contributed by atoms with Crippen LogP contribution in [0.5, 0.6) is 0 Å². The number of unbranched alkanes of at least 4 members (excludes halogenated alkanes) is 1. The van der Waals surface area contributed by atoms with Crippen molar-refractivity contribution in [2.45, 2.75) is 53.4 Å². The molecule has 1 rings (SSSR count). The van der Waals surface area contributed by atoms with Gasteiger partial charge in [-0.15, -0.1) is 8.20 Å². The molecule has 0 N–H and O–H groups in total. The van der Waals surface area contributed by atoms with Gasteiger partial charge in [0.1, 0.15) is 0 Å². The Balaban J connectivity index is 2.17. The molecule has 0 saturated carbocycles. The first-order valence-corrected chi connectivity index (χ1v) is 9.05. The molecule has 2 heteroatoms. The fourth-order valence-electron chi connectivity index (χ4n) is 2.06. The maximum absolute atomic E-state index is 8.76. The monoisotopic (exact) mass is 301 g/mol. The lowest BCUT2D eigenvalue weighted by Gasteiger charge is -2.27. The third-order valence-corrected chi connectivity index (χ3v) is 5.21. The van der Waals surface area contributed by atoms with Gasteiger partial charge < -0.3 is 0 Å². The van der Waals surface area contributed by atoms with E-state index in [9.17, 15) is 0 Å². The number of rotatable bonds is 7. The molecular weight excluding hydrogens is 273 g/mol. The van der Waals surface area contributed by atoms with Crippen molar-refractivity contribution in [3.05, 3.63) is 35.4 Å². The molecule has 0 radical (unpaired) electrons. The summed E-state index contributed by atoms with van der Waals surface area (Å²) in [6, 6.07) is 10.0. The second-order valence-corrected chi connectivity index (χ2v) is 8.04. The molecule has 0 aromatic heterocycles. The van der Waals surface area contributed by atoms with Crippen LogP contribution < -0.4 is 0 Å². The van der Waals surface area contributed by atoms with Gasteiger partial charge in [-0.3, -0.25) is 0 Å². The van der Waals surface area contributed by atoms with Gasteiger partial charge in [-0.05, 0) is 48.0 Å². The van der Waals surface area contributed by atoms with Gasteiger partial charge in [-0.2, -0.15) is 5.26 Å². The van der Waals surface area contributed by atoms with Crippen molar-refractivity contribution in [1.82, 2.24) is 0 Å². The molecule has 0 aliphatic carbocycles. The molecule has 21 heavy (non-hydrogen) atoms. The zero-order valence-corrected chi connectivity index (χ0v) is 14.8. The normalized spacial score (nSPS) is 13.3. The van der Waals surface area contributed by atoms with Gasteiger partial charge in [0.25, 0.3) is 0 Å². The third-order valence-electron chi connectivity index (χ3n) is 4.19. The lowest BCUT2D eigenvalue weighted by molar-refractivity contribution is 0.242. The molecule has 114 valence electrons. The summed E-state index contributed by atoms with van der Waals surface area (Å²) in [5.41, 5.74) is 2.48. The molecule has 1 atom stereocenters. The standard InChI is InChI=1S/C19H28NP/c1-16(19(2,3)4)7-5-6-13-21-14-12-17-8-10-18(15-20)11-9-17/h8-11,14,16H,5-7,12-13H2,1-4H3. The highest BCUT2D eigenvalue weighted by atomic mass is 31.1. The van der Waals surface area contributed by atoms with Crippen LogP contribution in [-0.4, -0.2) is 12.0 Å². The molecule has 0 spiro atoms. The summed E-state index contributed by atoms with van der Waals surface area (Å²) in [7, 11) is 1.44. The van der Waals surface area contributed by atoms with E-state index in [-0.39, 0.29) is 0 Å².